The van der Waals surface area contributed by atoms with Crippen molar-refractivity contribution in [2.45, 2.75) is 33.6 Å². The van der Waals surface area contributed by atoms with Gasteiger partial charge in [-0.2, -0.15) is 0 Å². The van der Waals surface area contributed by atoms with Crippen LogP contribution in [0.5, 0.6) is 0 Å². The maximum atomic E-state index is 4.86. The van der Waals surface area contributed by atoms with Crippen LogP contribution >= 0.6 is 0 Å². The highest BCUT2D eigenvalue weighted by molar-refractivity contribution is 5.85. The van der Waals surface area contributed by atoms with Gasteiger partial charge in [0.05, 0.1) is 11.2 Å². The molecule has 0 atom stereocenters. The quantitative estimate of drug-likeness (QED) is 0.589. The van der Waals surface area contributed by atoms with Gasteiger partial charge in [0.1, 0.15) is 0 Å². The Morgan fingerprint density at radius 2 is 1.67 bits per heavy atom. The zero-order valence-corrected chi connectivity index (χ0v) is 13.1. The molecule has 3 rings (SSSR count). The maximum absolute atomic E-state index is 4.86. The average molecular weight is 275 g/mol. The van der Waals surface area contributed by atoms with Gasteiger partial charge in [-0.3, -0.25) is 0 Å². The molecule has 3 aromatic rings. The summed E-state index contributed by atoms with van der Waals surface area (Å²) in [6.07, 6.45) is 0. The zero-order valence-electron chi connectivity index (χ0n) is 13.1. The fourth-order valence-corrected chi connectivity index (χ4v) is 2.74. The smallest absolute Gasteiger partial charge is 0.0712 e. The van der Waals surface area contributed by atoms with Crippen LogP contribution in [0, 0.1) is 13.8 Å². The van der Waals surface area contributed by atoms with Crippen LogP contribution in [0.2, 0.25) is 0 Å². The topological polar surface area (TPSA) is 12.9 Å². The number of aromatic nitrogens is 1. The minimum absolute atomic E-state index is 0.517. The van der Waals surface area contributed by atoms with Crippen molar-refractivity contribution >= 4 is 10.9 Å². The molecule has 0 saturated heterocycles. The molecule has 0 N–H and O–H groups in total. The van der Waals surface area contributed by atoms with Gasteiger partial charge >= 0.3 is 0 Å². The minimum atomic E-state index is 0.517. The Morgan fingerprint density at radius 1 is 0.857 bits per heavy atom. The standard InChI is InChI=1S/C20H21N/c1-13(2)17-6-5-7-20-18(17)10-11-19(21-20)16-9-8-14(3)15(4)12-16/h5-13H,1-4H3. The summed E-state index contributed by atoms with van der Waals surface area (Å²) in [5, 5.41) is 1.26. The summed E-state index contributed by atoms with van der Waals surface area (Å²) in [4.78, 5) is 4.86. The minimum Gasteiger partial charge on any atom is -0.248 e. The van der Waals surface area contributed by atoms with Crippen LogP contribution in [-0.4, -0.2) is 4.98 Å². The molecule has 0 unspecified atom stereocenters. The van der Waals surface area contributed by atoms with Crippen molar-refractivity contribution in [1.29, 1.82) is 0 Å². The van der Waals surface area contributed by atoms with Crippen molar-refractivity contribution in [3.8, 4) is 11.3 Å². The molecular formula is C20H21N. The first-order valence-corrected chi connectivity index (χ1v) is 7.53. The van der Waals surface area contributed by atoms with Gasteiger partial charge in [0.25, 0.3) is 0 Å². The van der Waals surface area contributed by atoms with E-state index in [9.17, 15) is 0 Å². The first-order valence-electron chi connectivity index (χ1n) is 7.53. The van der Waals surface area contributed by atoms with Crippen LogP contribution in [-0.2, 0) is 0 Å². The van der Waals surface area contributed by atoms with Crippen LogP contribution < -0.4 is 0 Å². The second-order valence-corrected chi connectivity index (χ2v) is 6.06. The number of rotatable bonds is 2. The molecule has 2 aromatic carbocycles. The third-order valence-electron chi connectivity index (χ3n) is 4.19. The average Bonchev–Trinajstić information content (AvgIpc) is 2.48. The van der Waals surface area contributed by atoms with Gasteiger partial charge in [0, 0.05) is 10.9 Å². The summed E-state index contributed by atoms with van der Waals surface area (Å²) >= 11 is 0. The summed E-state index contributed by atoms with van der Waals surface area (Å²) in [6.45, 7) is 8.75. The molecule has 0 amide bonds. The lowest BCUT2D eigenvalue weighted by Gasteiger charge is -2.11. The van der Waals surface area contributed by atoms with Crippen LogP contribution in [0.15, 0.2) is 48.5 Å². The Bertz CT molecular complexity index is 800. The molecule has 1 nitrogen and oxygen atoms in total. The van der Waals surface area contributed by atoms with Gasteiger partial charge in [0.15, 0.2) is 0 Å². The molecule has 1 aromatic heterocycles. The normalized spacial score (nSPS) is 11.3. The number of nitrogens with zero attached hydrogens (tertiary/aromatic N) is 1. The van der Waals surface area contributed by atoms with Gasteiger partial charge in [-0.1, -0.05) is 44.2 Å². The van der Waals surface area contributed by atoms with Crippen molar-refractivity contribution in [2.75, 3.05) is 0 Å². The van der Waals surface area contributed by atoms with E-state index >= 15 is 0 Å². The highest BCUT2D eigenvalue weighted by atomic mass is 14.7. The SMILES string of the molecule is Cc1ccc(-c2ccc3c(C(C)C)cccc3n2)cc1C. The van der Waals surface area contributed by atoms with Crippen LogP contribution in [0.4, 0.5) is 0 Å². The largest absolute Gasteiger partial charge is 0.248 e. The lowest BCUT2D eigenvalue weighted by Crippen LogP contribution is -1.92. The molecule has 0 bridgehead atoms. The summed E-state index contributed by atoms with van der Waals surface area (Å²) in [5.74, 6) is 0.517. The van der Waals surface area contributed by atoms with E-state index in [-0.39, 0.29) is 0 Å². The van der Waals surface area contributed by atoms with Crippen molar-refractivity contribution < 1.29 is 0 Å². The summed E-state index contributed by atoms with van der Waals surface area (Å²) < 4.78 is 0. The number of hydrogen-bond acceptors (Lipinski definition) is 1. The predicted octanol–water partition coefficient (Wildman–Crippen LogP) is 5.64. The summed E-state index contributed by atoms with van der Waals surface area (Å²) in [6, 6.07) is 17.3. The van der Waals surface area contributed by atoms with E-state index < -0.39 is 0 Å². The molecule has 0 aliphatic rings. The monoisotopic (exact) mass is 275 g/mol. The molecule has 0 radical (unpaired) electrons. The molecule has 0 spiro atoms. The predicted molar refractivity (Wildman–Crippen MR) is 90.7 cm³/mol. The molecule has 0 fully saturated rings. The third-order valence-corrected chi connectivity index (χ3v) is 4.19. The van der Waals surface area contributed by atoms with E-state index in [4.69, 9.17) is 4.98 Å². The Labute approximate surface area is 126 Å². The summed E-state index contributed by atoms with van der Waals surface area (Å²) in [5.41, 5.74) is 7.32. The maximum Gasteiger partial charge on any atom is 0.0712 e. The van der Waals surface area contributed by atoms with E-state index in [0.29, 0.717) is 5.92 Å². The van der Waals surface area contributed by atoms with E-state index in [0.717, 1.165) is 11.2 Å². The lowest BCUT2D eigenvalue weighted by molar-refractivity contribution is 0.876. The number of fused-ring (bicyclic) bond motifs is 1. The highest BCUT2D eigenvalue weighted by Gasteiger charge is 2.08. The van der Waals surface area contributed by atoms with Crippen molar-refractivity contribution in [3.05, 3.63) is 65.2 Å². The van der Waals surface area contributed by atoms with Crippen LogP contribution in [0.25, 0.3) is 22.2 Å². The van der Waals surface area contributed by atoms with Crippen molar-refractivity contribution in [3.63, 3.8) is 0 Å². The molecule has 0 aliphatic carbocycles. The second-order valence-electron chi connectivity index (χ2n) is 6.06. The first-order chi connectivity index (χ1) is 10.1. The number of pyridine rings is 1. The molecule has 1 heteroatoms. The van der Waals surface area contributed by atoms with Gasteiger partial charge in [-0.25, -0.2) is 4.98 Å². The van der Waals surface area contributed by atoms with E-state index in [2.05, 4.69) is 76.2 Å². The lowest BCUT2D eigenvalue weighted by atomic mass is 9.97. The molecular weight excluding hydrogens is 254 g/mol. The zero-order chi connectivity index (χ0) is 15.0. The molecule has 1 heterocycles. The van der Waals surface area contributed by atoms with Gasteiger partial charge in [0.2, 0.25) is 0 Å². The number of aryl methyl sites for hydroxylation is 2. The molecule has 0 aliphatic heterocycles. The molecule has 0 saturated carbocycles. The van der Waals surface area contributed by atoms with E-state index in [1.807, 2.05) is 0 Å². The van der Waals surface area contributed by atoms with Crippen LogP contribution in [0.3, 0.4) is 0 Å². The molecule has 21 heavy (non-hydrogen) atoms. The highest BCUT2D eigenvalue weighted by Crippen LogP contribution is 2.27. The summed E-state index contributed by atoms with van der Waals surface area (Å²) in [7, 11) is 0. The third kappa shape index (κ3) is 2.56. The van der Waals surface area contributed by atoms with Gasteiger partial charge in [-0.05, 0) is 54.7 Å². The Hall–Kier alpha value is -2.15. The Kier molecular flexibility index (Phi) is 3.50. The van der Waals surface area contributed by atoms with Crippen molar-refractivity contribution in [1.82, 2.24) is 4.98 Å². The number of hydrogen-bond donors (Lipinski definition) is 0. The first kappa shape index (κ1) is 13.8. The fourth-order valence-electron chi connectivity index (χ4n) is 2.74. The van der Waals surface area contributed by atoms with Crippen LogP contribution in [0.1, 0.15) is 36.5 Å². The van der Waals surface area contributed by atoms with E-state index in [1.165, 1.54) is 27.6 Å². The van der Waals surface area contributed by atoms with Crippen molar-refractivity contribution in [2.24, 2.45) is 0 Å². The number of benzene rings is 2. The molecule has 106 valence electrons. The Balaban J connectivity index is 2.15. The van der Waals surface area contributed by atoms with Gasteiger partial charge in [-0.15, -0.1) is 0 Å². The Morgan fingerprint density at radius 3 is 2.38 bits per heavy atom. The fraction of sp³-hybridized carbons (Fsp3) is 0.250. The second kappa shape index (κ2) is 5.33. The van der Waals surface area contributed by atoms with Gasteiger partial charge < -0.3 is 0 Å². The van der Waals surface area contributed by atoms with E-state index in [1.54, 1.807) is 0 Å².